The minimum atomic E-state index is -4.55. The third-order valence-electron chi connectivity index (χ3n) is 4.19. The molecule has 1 atom stereocenters. The standard InChI is InChI=1S/C20H17ClF4N2O2/c1-11(20(23,24)25)28-15-6-4-5-12-9-10-26-19(16(12)15)29-18-13(22)7-8-14(17(18)21)27(2)3/h4-11H,1-3H3. The van der Waals surface area contributed by atoms with Gasteiger partial charge >= 0.3 is 6.18 Å². The molecule has 0 aliphatic carbocycles. The normalized spacial score (nSPS) is 12.7. The molecule has 154 valence electrons. The van der Waals surface area contributed by atoms with Crippen LogP contribution in [0.3, 0.4) is 0 Å². The summed E-state index contributed by atoms with van der Waals surface area (Å²) in [5.41, 5.74) is 0.505. The van der Waals surface area contributed by atoms with Crippen molar-refractivity contribution in [3.05, 3.63) is 53.4 Å². The van der Waals surface area contributed by atoms with Crippen molar-refractivity contribution in [3.63, 3.8) is 0 Å². The van der Waals surface area contributed by atoms with Crippen LogP contribution in [0.4, 0.5) is 23.2 Å². The Bertz CT molecular complexity index is 1040. The maximum atomic E-state index is 14.4. The first-order chi connectivity index (χ1) is 13.6. The maximum absolute atomic E-state index is 14.4. The number of halogens is 5. The van der Waals surface area contributed by atoms with Crippen molar-refractivity contribution in [1.82, 2.24) is 4.98 Å². The number of pyridine rings is 1. The number of anilines is 1. The van der Waals surface area contributed by atoms with Crippen LogP contribution in [0.15, 0.2) is 42.6 Å². The van der Waals surface area contributed by atoms with Gasteiger partial charge in [0.2, 0.25) is 5.88 Å². The van der Waals surface area contributed by atoms with Gasteiger partial charge in [-0.05, 0) is 36.6 Å². The number of hydrogen-bond donors (Lipinski definition) is 0. The molecule has 0 aliphatic rings. The van der Waals surface area contributed by atoms with Crippen molar-refractivity contribution in [1.29, 1.82) is 0 Å². The SMILES string of the molecule is CC(Oc1cccc2ccnc(Oc3c(F)ccc(N(C)C)c3Cl)c12)C(F)(F)F. The van der Waals surface area contributed by atoms with Crippen molar-refractivity contribution in [3.8, 4) is 17.4 Å². The zero-order chi connectivity index (χ0) is 21.3. The van der Waals surface area contributed by atoms with Crippen molar-refractivity contribution in [2.45, 2.75) is 19.2 Å². The zero-order valence-electron chi connectivity index (χ0n) is 15.7. The molecular weight excluding hydrogens is 412 g/mol. The smallest absolute Gasteiger partial charge is 0.425 e. The highest BCUT2D eigenvalue weighted by Crippen LogP contribution is 2.42. The lowest BCUT2D eigenvalue weighted by atomic mass is 10.1. The Morgan fingerprint density at radius 1 is 1.10 bits per heavy atom. The molecule has 1 unspecified atom stereocenters. The summed E-state index contributed by atoms with van der Waals surface area (Å²) >= 11 is 6.28. The summed E-state index contributed by atoms with van der Waals surface area (Å²) in [6, 6.07) is 8.83. The number of alkyl halides is 3. The summed E-state index contributed by atoms with van der Waals surface area (Å²) in [5.74, 6) is -1.22. The first kappa shape index (κ1) is 21.0. The second-order valence-electron chi connectivity index (χ2n) is 6.48. The summed E-state index contributed by atoms with van der Waals surface area (Å²) in [6.07, 6.45) is -5.21. The summed E-state index contributed by atoms with van der Waals surface area (Å²) in [5, 5.41) is 0.704. The number of benzene rings is 2. The second kappa shape index (κ2) is 7.94. The fourth-order valence-electron chi connectivity index (χ4n) is 2.66. The van der Waals surface area contributed by atoms with Crippen LogP contribution in [-0.4, -0.2) is 31.4 Å². The van der Waals surface area contributed by atoms with E-state index in [-0.39, 0.29) is 27.8 Å². The number of fused-ring (bicyclic) bond motifs is 1. The fraction of sp³-hybridized carbons (Fsp3) is 0.250. The van der Waals surface area contributed by atoms with E-state index in [1.807, 2.05) is 0 Å². The third kappa shape index (κ3) is 4.32. The largest absolute Gasteiger partial charge is 0.480 e. The fourth-order valence-corrected chi connectivity index (χ4v) is 3.02. The Hall–Kier alpha value is -2.74. The van der Waals surface area contributed by atoms with Gasteiger partial charge < -0.3 is 14.4 Å². The molecule has 0 saturated heterocycles. The molecule has 0 spiro atoms. The van der Waals surface area contributed by atoms with E-state index in [0.29, 0.717) is 11.1 Å². The van der Waals surface area contributed by atoms with E-state index >= 15 is 0 Å². The van der Waals surface area contributed by atoms with Crippen molar-refractivity contribution < 1.29 is 27.0 Å². The van der Waals surface area contributed by atoms with E-state index < -0.39 is 18.1 Å². The molecule has 4 nitrogen and oxygen atoms in total. The molecule has 0 amide bonds. The monoisotopic (exact) mass is 428 g/mol. The van der Waals surface area contributed by atoms with Gasteiger partial charge in [-0.3, -0.25) is 0 Å². The molecule has 0 bridgehead atoms. The lowest BCUT2D eigenvalue weighted by Crippen LogP contribution is -2.31. The first-order valence-corrected chi connectivity index (χ1v) is 8.91. The van der Waals surface area contributed by atoms with Crippen LogP contribution < -0.4 is 14.4 Å². The summed E-state index contributed by atoms with van der Waals surface area (Å²) in [7, 11) is 3.45. The van der Waals surface area contributed by atoms with Crippen LogP contribution in [0.25, 0.3) is 10.8 Å². The highest BCUT2D eigenvalue weighted by molar-refractivity contribution is 6.34. The lowest BCUT2D eigenvalue weighted by Gasteiger charge is -2.20. The van der Waals surface area contributed by atoms with Gasteiger partial charge in [-0.25, -0.2) is 9.37 Å². The molecule has 1 aromatic heterocycles. The van der Waals surface area contributed by atoms with Crippen LogP contribution in [-0.2, 0) is 0 Å². The first-order valence-electron chi connectivity index (χ1n) is 8.54. The number of hydrogen-bond acceptors (Lipinski definition) is 4. The second-order valence-corrected chi connectivity index (χ2v) is 6.86. The summed E-state index contributed by atoms with van der Waals surface area (Å²) in [4.78, 5) is 5.74. The molecule has 2 aromatic carbocycles. The van der Waals surface area contributed by atoms with E-state index in [1.54, 1.807) is 37.2 Å². The van der Waals surface area contributed by atoms with E-state index in [2.05, 4.69) is 4.98 Å². The highest BCUT2D eigenvalue weighted by Gasteiger charge is 2.38. The van der Waals surface area contributed by atoms with Crippen LogP contribution in [0.1, 0.15) is 6.92 Å². The number of nitrogens with zero attached hydrogens (tertiary/aromatic N) is 2. The molecule has 0 radical (unpaired) electrons. The predicted octanol–water partition coefficient (Wildman–Crippen LogP) is 6.22. The van der Waals surface area contributed by atoms with Crippen molar-refractivity contribution >= 4 is 28.1 Å². The third-order valence-corrected chi connectivity index (χ3v) is 4.56. The van der Waals surface area contributed by atoms with Crippen LogP contribution in [0, 0.1) is 5.82 Å². The van der Waals surface area contributed by atoms with Crippen LogP contribution in [0.2, 0.25) is 5.02 Å². The van der Waals surface area contributed by atoms with E-state index in [9.17, 15) is 17.6 Å². The average Bonchev–Trinajstić information content (AvgIpc) is 2.64. The zero-order valence-corrected chi connectivity index (χ0v) is 16.5. The van der Waals surface area contributed by atoms with Gasteiger partial charge in [-0.15, -0.1) is 0 Å². The molecule has 0 aliphatic heterocycles. The molecule has 0 saturated carbocycles. The summed E-state index contributed by atoms with van der Waals surface area (Å²) < 4.78 is 64.1. The quantitative estimate of drug-likeness (QED) is 0.452. The van der Waals surface area contributed by atoms with E-state index in [4.69, 9.17) is 21.1 Å². The number of rotatable bonds is 5. The van der Waals surface area contributed by atoms with Crippen molar-refractivity contribution in [2.75, 3.05) is 19.0 Å². The van der Waals surface area contributed by atoms with Gasteiger partial charge in [0.25, 0.3) is 0 Å². The Labute approximate surface area is 169 Å². The molecule has 0 fully saturated rings. The van der Waals surface area contributed by atoms with Gasteiger partial charge in [-0.2, -0.15) is 13.2 Å². The Kier molecular flexibility index (Phi) is 5.75. The molecule has 3 rings (SSSR count). The van der Waals surface area contributed by atoms with Gasteiger partial charge in [0.05, 0.1) is 11.1 Å². The Morgan fingerprint density at radius 2 is 1.83 bits per heavy atom. The Balaban J connectivity index is 2.11. The summed E-state index contributed by atoms with van der Waals surface area (Å²) in [6.45, 7) is 0.896. The minimum Gasteiger partial charge on any atom is -0.480 e. The van der Waals surface area contributed by atoms with E-state index in [1.165, 1.54) is 24.4 Å². The maximum Gasteiger partial charge on any atom is 0.425 e. The van der Waals surface area contributed by atoms with Gasteiger partial charge in [0, 0.05) is 20.3 Å². The van der Waals surface area contributed by atoms with Crippen molar-refractivity contribution in [2.24, 2.45) is 0 Å². The highest BCUT2D eigenvalue weighted by atomic mass is 35.5. The topological polar surface area (TPSA) is 34.6 Å². The van der Waals surface area contributed by atoms with Gasteiger partial charge in [0.1, 0.15) is 10.8 Å². The molecule has 0 N–H and O–H groups in total. The molecule has 29 heavy (non-hydrogen) atoms. The molecule has 9 heteroatoms. The van der Waals surface area contributed by atoms with Crippen LogP contribution >= 0.6 is 11.6 Å². The molecular formula is C20H17ClF4N2O2. The van der Waals surface area contributed by atoms with Crippen LogP contribution in [0.5, 0.6) is 17.4 Å². The molecule has 3 aromatic rings. The number of aromatic nitrogens is 1. The van der Waals surface area contributed by atoms with Gasteiger partial charge in [0.15, 0.2) is 17.7 Å². The van der Waals surface area contributed by atoms with Gasteiger partial charge in [-0.1, -0.05) is 23.7 Å². The predicted molar refractivity (Wildman–Crippen MR) is 104 cm³/mol. The average molecular weight is 429 g/mol. The Morgan fingerprint density at radius 3 is 2.48 bits per heavy atom. The molecule has 1 heterocycles. The lowest BCUT2D eigenvalue weighted by molar-refractivity contribution is -0.189. The minimum absolute atomic E-state index is 0.0101. The van der Waals surface area contributed by atoms with E-state index in [0.717, 1.165) is 6.92 Å². The number of ether oxygens (including phenoxy) is 2.